The molecule has 8 nitrogen and oxygen atoms in total. The van der Waals surface area contributed by atoms with E-state index < -0.39 is 6.10 Å². The van der Waals surface area contributed by atoms with Crippen molar-refractivity contribution in [2.75, 3.05) is 19.5 Å². The number of rotatable bonds is 7. The second-order valence-corrected chi connectivity index (χ2v) is 6.53. The number of hydrogen-bond acceptors (Lipinski definition) is 7. The van der Waals surface area contributed by atoms with Gasteiger partial charge in [0.05, 0.1) is 14.2 Å². The first kappa shape index (κ1) is 20.2. The molecule has 1 atom stereocenters. The quantitative estimate of drug-likeness (QED) is 0.648. The highest BCUT2D eigenvalue weighted by Crippen LogP contribution is 2.33. The molecule has 0 saturated carbocycles. The Morgan fingerprint density at radius 2 is 1.76 bits per heavy atom. The molecule has 152 valence electrons. The van der Waals surface area contributed by atoms with Gasteiger partial charge in [-0.1, -0.05) is 6.07 Å². The first-order chi connectivity index (χ1) is 13.9. The molecule has 2 aromatic carbocycles. The van der Waals surface area contributed by atoms with Gasteiger partial charge in [0.1, 0.15) is 5.75 Å². The highest BCUT2D eigenvalue weighted by atomic mass is 16.6. The number of carbonyl (C=O) groups excluding carboxylic acids is 1. The summed E-state index contributed by atoms with van der Waals surface area (Å²) >= 11 is 0. The van der Waals surface area contributed by atoms with Gasteiger partial charge in [-0.2, -0.15) is 0 Å². The lowest BCUT2D eigenvalue weighted by atomic mass is 10.1. The van der Waals surface area contributed by atoms with Crippen LogP contribution in [0.25, 0.3) is 11.3 Å². The largest absolute Gasteiger partial charge is 0.493 e. The maximum absolute atomic E-state index is 12.6. The van der Waals surface area contributed by atoms with Gasteiger partial charge in [-0.05, 0) is 72.5 Å². The third kappa shape index (κ3) is 4.48. The number of amides is 1. The minimum absolute atomic E-state index is 0.192. The maximum Gasteiger partial charge on any atom is 0.266 e. The Morgan fingerprint density at radius 3 is 2.45 bits per heavy atom. The van der Waals surface area contributed by atoms with Crippen molar-refractivity contribution in [3.8, 4) is 28.5 Å². The number of anilines is 1. The molecule has 0 unspecified atom stereocenters. The summed E-state index contributed by atoms with van der Waals surface area (Å²) in [5.74, 6) is 1.54. The highest BCUT2D eigenvalue weighted by molar-refractivity contribution is 5.96. The number of hydrogen-bond donors (Lipinski definition) is 1. The summed E-state index contributed by atoms with van der Waals surface area (Å²) in [6.07, 6.45) is -0.743. The van der Waals surface area contributed by atoms with Gasteiger partial charge in [-0.15, -0.1) is 0 Å². The second kappa shape index (κ2) is 8.64. The average Bonchev–Trinajstić information content (AvgIpc) is 3.18. The van der Waals surface area contributed by atoms with Crippen LogP contribution in [0.5, 0.6) is 17.2 Å². The average molecular weight is 397 g/mol. The fraction of sp³-hybridized carbons (Fsp3) is 0.286. The molecule has 29 heavy (non-hydrogen) atoms. The van der Waals surface area contributed by atoms with Crippen LogP contribution in [0, 0.1) is 13.8 Å². The topological polar surface area (TPSA) is 95.7 Å². The van der Waals surface area contributed by atoms with E-state index in [0.29, 0.717) is 28.5 Å². The monoisotopic (exact) mass is 397 g/mol. The Balaban J connectivity index is 1.75. The molecule has 1 N–H and O–H groups in total. The summed E-state index contributed by atoms with van der Waals surface area (Å²) in [6.45, 7) is 5.67. The second-order valence-electron chi connectivity index (χ2n) is 6.53. The van der Waals surface area contributed by atoms with Crippen LogP contribution in [0.1, 0.15) is 18.1 Å². The molecule has 3 rings (SSSR count). The van der Waals surface area contributed by atoms with Crippen LogP contribution in [-0.4, -0.2) is 36.5 Å². The molecule has 0 fully saturated rings. The number of nitrogens with zero attached hydrogens (tertiary/aromatic N) is 2. The first-order valence-corrected chi connectivity index (χ1v) is 9.02. The van der Waals surface area contributed by atoms with Crippen molar-refractivity contribution < 1.29 is 23.6 Å². The SMILES string of the molecule is COc1ccc(-c2nonc2NC(=O)[C@H](C)Oc2ccc(C)c(C)c2)cc1OC. The molecule has 3 aromatic rings. The molecule has 0 saturated heterocycles. The lowest BCUT2D eigenvalue weighted by Gasteiger charge is -2.15. The Morgan fingerprint density at radius 1 is 1.00 bits per heavy atom. The van der Waals surface area contributed by atoms with E-state index in [1.807, 2.05) is 32.0 Å². The summed E-state index contributed by atoms with van der Waals surface area (Å²) in [7, 11) is 3.09. The zero-order valence-electron chi connectivity index (χ0n) is 17.0. The van der Waals surface area contributed by atoms with Gasteiger partial charge in [0.2, 0.25) is 5.82 Å². The van der Waals surface area contributed by atoms with Gasteiger partial charge < -0.3 is 19.5 Å². The zero-order valence-corrected chi connectivity index (χ0v) is 17.0. The van der Waals surface area contributed by atoms with Crippen molar-refractivity contribution in [3.63, 3.8) is 0 Å². The molecule has 0 aliphatic heterocycles. The minimum Gasteiger partial charge on any atom is -0.493 e. The molecule has 1 amide bonds. The van der Waals surface area contributed by atoms with E-state index in [1.54, 1.807) is 32.2 Å². The minimum atomic E-state index is -0.743. The maximum atomic E-state index is 12.6. The van der Waals surface area contributed by atoms with Crippen LogP contribution in [0.2, 0.25) is 0 Å². The molecule has 1 heterocycles. The molecular weight excluding hydrogens is 374 g/mol. The van der Waals surface area contributed by atoms with Crippen LogP contribution in [0.15, 0.2) is 41.0 Å². The number of carbonyl (C=O) groups is 1. The van der Waals surface area contributed by atoms with Gasteiger partial charge in [0.15, 0.2) is 23.3 Å². The van der Waals surface area contributed by atoms with Gasteiger partial charge in [-0.3, -0.25) is 4.79 Å². The van der Waals surface area contributed by atoms with Crippen molar-refractivity contribution in [2.45, 2.75) is 26.9 Å². The normalized spacial score (nSPS) is 11.6. The number of ether oxygens (including phenoxy) is 3. The fourth-order valence-electron chi connectivity index (χ4n) is 2.71. The molecular formula is C21H23N3O5. The molecule has 1 aromatic heterocycles. The summed E-state index contributed by atoms with van der Waals surface area (Å²) < 4.78 is 21.1. The van der Waals surface area contributed by atoms with Gasteiger partial charge >= 0.3 is 0 Å². The number of aryl methyl sites for hydroxylation is 2. The lowest BCUT2D eigenvalue weighted by molar-refractivity contribution is -0.122. The van der Waals surface area contributed by atoms with E-state index in [4.69, 9.17) is 18.8 Å². The predicted octanol–water partition coefficient (Wildman–Crippen LogP) is 3.78. The van der Waals surface area contributed by atoms with Gasteiger partial charge in [0.25, 0.3) is 5.91 Å². The summed E-state index contributed by atoms with van der Waals surface area (Å²) in [5, 5.41) is 10.4. The van der Waals surface area contributed by atoms with Crippen LogP contribution in [-0.2, 0) is 4.79 Å². The van der Waals surface area contributed by atoms with Gasteiger partial charge in [-0.25, -0.2) is 4.63 Å². The lowest BCUT2D eigenvalue weighted by Crippen LogP contribution is -2.30. The molecule has 0 radical (unpaired) electrons. The van der Waals surface area contributed by atoms with E-state index in [1.165, 1.54) is 7.11 Å². The summed E-state index contributed by atoms with van der Waals surface area (Å²) in [4.78, 5) is 12.6. The molecule has 0 aliphatic carbocycles. The third-order valence-corrected chi connectivity index (χ3v) is 4.55. The third-order valence-electron chi connectivity index (χ3n) is 4.55. The van der Waals surface area contributed by atoms with Crippen LogP contribution in [0.3, 0.4) is 0 Å². The Bertz CT molecular complexity index is 1020. The number of methoxy groups -OCH3 is 2. The van der Waals surface area contributed by atoms with Crippen LogP contribution < -0.4 is 19.5 Å². The predicted molar refractivity (Wildman–Crippen MR) is 107 cm³/mol. The summed E-state index contributed by atoms with van der Waals surface area (Å²) in [5.41, 5.74) is 3.27. The smallest absolute Gasteiger partial charge is 0.266 e. The van der Waals surface area contributed by atoms with Crippen molar-refractivity contribution in [1.82, 2.24) is 10.3 Å². The van der Waals surface area contributed by atoms with E-state index in [2.05, 4.69) is 15.6 Å². The summed E-state index contributed by atoms with van der Waals surface area (Å²) in [6, 6.07) is 10.9. The first-order valence-electron chi connectivity index (χ1n) is 9.02. The molecule has 8 heteroatoms. The van der Waals surface area contributed by atoms with E-state index >= 15 is 0 Å². The standard InChI is InChI=1S/C21H23N3O5/c1-12-6-8-16(10-13(12)2)28-14(3)21(25)22-20-19(23-29-24-20)15-7-9-17(26-4)18(11-15)27-5/h6-11,14H,1-5H3,(H,22,24,25)/t14-/m0/s1. The van der Waals surface area contributed by atoms with Gasteiger partial charge in [0, 0.05) is 5.56 Å². The Hall–Kier alpha value is -3.55. The Kier molecular flexibility index (Phi) is 6.01. The zero-order chi connectivity index (χ0) is 21.0. The molecule has 0 spiro atoms. The van der Waals surface area contributed by atoms with Crippen molar-refractivity contribution in [1.29, 1.82) is 0 Å². The number of nitrogens with one attached hydrogen (secondary N) is 1. The Labute approximate surface area is 168 Å². The number of aromatic nitrogens is 2. The molecule has 0 aliphatic rings. The van der Waals surface area contributed by atoms with E-state index in [0.717, 1.165) is 11.1 Å². The van der Waals surface area contributed by atoms with Crippen LogP contribution in [0.4, 0.5) is 5.82 Å². The van der Waals surface area contributed by atoms with E-state index in [-0.39, 0.29) is 11.7 Å². The fourth-order valence-corrected chi connectivity index (χ4v) is 2.71. The highest BCUT2D eigenvalue weighted by Gasteiger charge is 2.21. The molecule has 0 bridgehead atoms. The van der Waals surface area contributed by atoms with Crippen molar-refractivity contribution in [3.05, 3.63) is 47.5 Å². The van der Waals surface area contributed by atoms with Crippen molar-refractivity contribution >= 4 is 11.7 Å². The van der Waals surface area contributed by atoms with Crippen LogP contribution >= 0.6 is 0 Å². The number of benzene rings is 2. The van der Waals surface area contributed by atoms with Crippen molar-refractivity contribution in [2.24, 2.45) is 0 Å². The van der Waals surface area contributed by atoms with E-state index in [9.17, 15) is 4.79 Å².